The van der Waals surface area contributed by atoms with E-state index in [0.717, 1.165) is 45.0 Å². The molecule has 0 aromatic heterocycles. The number of hydrogen-bond acceptors (Lipinski definition) is 3. The van der Waals surface area contributed by atoms with Crippen LogP contribution in [0.1, 0.15) is 32.3 Å². The molecule has 1 aromatic carbocycles. The number of para-hydroxylation sites is 1. The van der Waals surface area contributed by atoms with E-state index in [1.165, 1.54) is 11.3 Å². The lowest BCUT2D eigenvalue weighted by Crippen LogP contribution is -2.49. The maximum absolute atomic E-state index is 11.8. The lowest BCUT2D eigenvalue weighted by Gasteiger charge is -2.28. The second-order valence-electron chi connectivity index (χ2n) is 7.20. The van der Waals surface area contributed by atoms with Gasteiger partial charge in [0.25, 0.3) is 0 Å². The van der Waals surface area contributed by atoms with Crippen molar-refractivity contribution >= 4 is 41.5 Å². The van der Waals surface area contributed by atoms with Crippen molar-refractivity contribution in [2.24, 2.45) is 4.99 Å². The number of nitrogens with zero attached hydrogens (tertiary/aromatic N) is 3. The van der Waals surface area contributed by atoms with Crippen LogP contribution in [0, 0.1) is 0 Å². The number of nitrogens with one attached hydrogen (secondary N) is 2. The molecule has 150 valence electrons. The zero-order valence-electron chi connectivity index (χ0n) is 16.6. The predicted molar refractivity (Wildman–Crippen MR) is 122 cm³/mol. The van der Waals surface area contributed by atoms with Crippen LogP contribution in [0.15, 0.2) is 29.3 Å². The SMILES string of the molecule is CCC(=O)N1CCC(NC(=NC)NCC(C)N2CCc3ccccc32)C1.I. The highest BCUT2D eigenvalue weighted by atomic mass is 127. The fraction of sp³-hybridized carbons (Fsp3) is 0.600. The summed E-state index contributed by atoms with van der Waals surface area (Å²) >= 11 is 0. The molecule has 0 spiro atoms. The van der Waals surface area contributed by atoms with E-state index in [2.05, 4.69) is 51.7 Å². The molecule has 2 aliphatic heterocycles. The maximum Gasteiger partial charge on any atom is 0.222 e. The lowest BCUT2D eigenvalue weighted by molar-refractivity contribution is -0.129. The fourth-order valence-corrected chi connectivity index (χ4v) is 3.89. The highest BCUT2D eigenvalue weighted by Gasteiger charge is 2.26. The first-order valence-corrected chi connectivity index (χ1v) is 9.71. The number of aliphatic imine (C=N–C) groups is 1. The molecule has 3 rings (SSSR count). The Kier molecular flexibility index (Phi) is 8.19. The van der Waals surface area contributed by atoms with Gasteiger partial charge in [0.05, 0.1) is 0 Å². The molecule has 0 bridgehead atoms. The third-order valence-corrected chi connectivity index (χ3v) is 5.43. The first kappa shape index (κ1) is 21.8. The maximum atomic E-state index is 11.8. The van der Waals surface area contributed by atoms with Crippen LogP contribution in [0.5, 0.6) is 0 Å². The van der Waals surface area contributed by atoms with Gasteiger partial charge in [0.1, 0.15) is 0 Å². The Morgan fingerprint density at radius 1 is 1.33 bits per heavy atom. The monoisotopic (exact) mass is 485 g/mol. The van der Waals surface area contributed by atoms with Crippen LogP contribution in [0.25, 0.3) is 0 Å². The summed E-state index contributed by atoms with van der Waals surface area (Å²) in [4.78, 5) is 20.6. The van der Waals surface area contributed by atoms with Gasteiger partial charge in [0.2, 0.25) is 5.91 Å². The number of anilines is 1. The van der Waals surface area contributed by atoms with Gasteiger partial charge in [-0.15, -0.1) is 24.0 Å². The van der Waals surface area contributed by atoms with E-state index in [-0.39, 0.29) is 35.9 Å². The van der Waals surface area contributed by atoms with Gasteiger partial charge in [0.15, 0.2) is 5.96 Å². The van der Waals surface area contributed by atoms with Gasteiger partial charge >= 0.3 is 0 Å². The highest BCUT2D eigenvalue weighted by Crippen LogP contribution is 2.28. The Bertz CT molecular complexity index is 666. The third kappa shape index (κ3) is 5.27. The summed E-state index contributed by atoms with van der Waals surface area (Å²) in [5.74, 6) is 1.05. The molecule has 0 saturated carbocycles. The van der Waals surface area contributed by atoms with Crippen molar-refractivity contribution in [2.75, 3.05) is 38.1 Å². The van der Waals surface area contributed by atoms with Crippen molar-refractivity contribution in [1.29, 1.82) is 0 Å². The van der Waals surface area contributed by atoms with Gasteiger partial charge in [-0.05, 0) is 31.4 Å². The van der Waals surface area contributed by atoms with Crippen LogP contribution < -0.4 is 15.5 Å². The zero-order valence-corrected chi connectivity index (χ0v) is 18.9. The van der Waals surface area contributed by atoms with Gasteiger partial charge in [-0.3, -0.25) is 9.79 Å². The number of rotatable bonds is 5. The van der Waals surface area contributed by atoms with Crippen LogP contribution in [0.4, 0.5) is 5.69 Å². The van der Waals surface area contributed by atoms with Crippen molar-refractivity contribution in [3.8, 4) is 0 Å². The van der Waals surface area contributed by atoms with Crippen LogP contribution in [0.3, 0.4) is 0 Å². The second kappa shape index (κ2) is 10.1. The molecule has 0 aliphatic carbocycles. The molecule has 2 unspecified atom stereocenters. The number of benzene rings is 1. The van der Waals surface area contributed by atoms with Crippen molar-refractivity contribution in [1.82, 2.24) is 15.5 Å². The van der Waals surface area contributed by atoms with E-state index in [4.69, 9.17) is 0 Å². The fourth-order valence-electron chi connectivity index (χ4n) is 3.89. The van der Waals surface area contributed by atoms with Gasteiger partial charge in [0, 0.05) is 57.4 Å². The summed E-state index contributed by atoms with van der Waals surface area (Å²) in [6.07, 6.45) is 2.67. The second-order valence-corrected chi connectivity index (χ2v) is 7.20. The largest absolute Gasteiger partial charge is 0.366 e. The van der Waals surface area contributed by atoms with Crippen LogP contribution in [0.2, 0.25) is 0 Å². The van der Waals surface area contributed by atoms with Crippen molar-refractivity contribution in [2.45, 2.75) is 45.2 Å². The number of fused-ring (bicyclic) bond motifs is 1. The quantitative estimate of drug-likeness (QED) is 0.382. The zero-order chi connectivity index (χ0) is 18.5. The Balaban J connectivity index is 0.00000261. The van der Waals surface area contributed by atoms with E-state index < -0.39 is 0 Å². The molecule has 27 heavy (non-hydrogen) atoms. The summed E-state index contributed by atoms with van der Waals surface area (Å²) in [5.41, 5.74) is 2.79. The predicted octanol–water partition coefficient (Wildman–Crippen LogP) is 2.23. The van der Waals surface area contributed by atoms with E-state index in [1.807, 2.05) is 11.8 Å². The molecule has 2 N–H and O–H groups in total. The van der Waals surface area contributed by atoms with E-state index >= 15 is 0 Å². The normalized spacial score (nSPS) is 20.1. The number of hydrogen-bond donors (Lipinski definition) is 2. The Labute approximate surface area is 179 Å². The standard InChI is InChI=1S/C20H31N5O.HI/c1-4-19(26)24-11-10-17(14-24)23-20(21-3)22-13-15(2)25-12-9-16-7-5-6-8-18(16)25;/h5-8,15,17H,4,9-14H2,1-3H3,(H2,21,22,23);1H. The molecule has 1 aromatic rings. The topological polar surface area (TPSA) is 60.0 Å². The average Bonchev–Trinajstić information content (AvgIpc) is 3.31. The minimum Gasteiger partial charge on any atom is -0.366 e. The molecule has 1 saturated heterocycles. The van der Waals surface area contributed by atoms with E-state index in [9.17, 15) is 4.79 Å². The summed E-state index contributed by atoms with van der Waals surface area (Å²) in [6, 6.07) is 9.33. The Hall–Kier alpha value is -1.51. The van der Waals surface area contributed by atoms with Gasteiger partial charge < -0.3 is 20.4 Å². The van der Waals surface area contributed by atoms with Gasteiger partial charge in [-0.2, -0.15) is 0 Å². The van der Waals surface area contributed by atoms with Gasteiger partial charge in [-0.1, -0.05) is 25.1 Å². The number of likely N-dealkylation sites (tertiary alicyclic amines) is 1. The molecule has 2 heterocycles. The molecule has 7 heteroatoms. The lowest BCUT2D eigenvalue weighted by atomic mass is 10.2. The molecule has 2 atom stereocenters. The number of carbonyl (C=O) groups excluding carboxylic acids is 1. The summed E-state index contributed by atoms with van der Waals surface area (Å²) in [5, 5.41) is 6.92. The first-order chi connectivity index (χ1) is 12.6. The van der Waals surface area contributed by atoms with Crippen LogP contribution in [-0.2, 0) is 11.2 Å². The van der Waals surface area contributed by atoms with Crippen molar-refractivity contribution in [3.05, 3.63) is 29.8 Å². The van der Waals surface area contributed by atoms with Crippen molar-refractivity contribution < 1.29 is 4.79 Å². The smallest absolute Gasteiger partial charge is 0.222 e. The van der Waals surface area contributed by atoms with E-state index in [1.54, 1.807) is 7.05 Å². The van der Waals surface area contributed by atoms with Crippen LogP contribution >= 0.6 is 24.0 Å². The highest BCUT2D eigenvalue weighted by molar-refractivity contribution is 14.0. The van der Waals surface area contributed by atoms with Crippen LogP contribution in [-0.4, -0.2) is 62.1 Å². The minimum atomic E-state index is 0. The molecule has 6 nitrogen and oxygen atoms in total. The molecule has 1 fully saturated rings. The van der Waals surface area contributed by atoms with Gasteiger partial charge in [-0.25, -0.2) is 0 Å². The molecular formula is C20H32IN5O. The molecule has 0 radical (unpaired) electrons. The Morgan fingerprint density at radius 3 is 2.85 bits per heavy atom. The van der Waals surface area contributed by atoms with Crippen molar-refractivity contribution in [3.63, 3.8) is 0 Å². The number of amides is 1. The third-order valence-electron chi connectivity index (χ3n) is 5.43. The number of guanidine groups is 1. The minimum absolute atomic E-state index is 0. The summed E-state index contributed by atoms with van der Waals surface area (Å²) in [6.45, 7) is 7.68. The number of carbonyl (C=O) groups is 1. The number of halogens is 1. The molecule has 1 amide bonds. The molecular weight excluding hydrogens is 453 g/mol. The summed E-state index contributed by atoms with van der Waals surface area (Å²) in [7, 11) is 1.80. The molecule has 2 aliphatic rings. The first-order valence-electron chi connectivity index (χ1n) is 9.71. The summed E-state index contributed by atoms with van der Waals surface area (Å²) < 4.78 is 0. The average molecular weight is 485 g/mol. The Morgan fingerprint density at radius 2 is 2.11 bits per heavy atom. The van der Waals surface area contributed by atoms with E-state index in [0.29, 0.717) is 12.5 Å².